The highest BCUT2D eigenvalue weighted by atomic mass is 16.2. The average Bonchev–Trinajstić information content (AvgIpc) is 3.30. The van der Waals surface area contributed by atoms with Gasteiger partial charge in [0.25, 0.3) is 11.5 Å². The van der Waals surface area contributed by atoms with Crippen LogP contribution in [-0.2, 0) is 11.3 Å². The summed E-state index contributed by atoms with van der Waals surface area (Å²) in [6.07, 6.45) is 0. The molecule has 0 spiro atoms. The standard InChI is InChI=1S/C27H24N6O3/c1-16-4-7-19(8-5-16)15-32-23-14-17(2)6-13-22(23)33-25(27(32)36)30-24(31-33)26(35)29-21-11-9-20(10-12-21)28-18(3)34/h4-14H,15H2,1-3H3,(H,28,34)(H,29,35). The largest absolute Gasteiger partial charge is 0.326 e. The summed E-state index contributed by atoms with van der Waals surface area (Å²) in [5.41, 5.74) is 5.36. The fourth-order valence-corrected chi connectivity index (χ4v) is 4.03. The topological polar surface area (TPSA) is 110 Å². The van der Waals surface area contributed by atoms with E-state index in [0.717, 1.165) is 16.7 Å². The third-order valence-electron chi connectivity index (χ3n) is 5.82. The number of aryl methyl sites for hydroxylation is 2. The van der Waals surface area contributed by atoms with Gasteiger partial charge in [-0.3, -0.25) is 19.0 Å². The van der Waals surface area contributed by atoms with Gasteiger partial charge in [0.05, 0.1) is 17.6 Å². The zero-order valence-corrected chi connectivity index (χ0v) is 20.1. The van der Waals surface area contributed by atoms with Crippen molar-refractivity contribution in [3.63, 3.8) is 0 Å². The molecule has 9 nitrogen and oxygen atoms in total. The summed E-state index contributed by atoms with van der Waals surface area (Å²) in [6, 6.07) is 20.4. The minimum atomic E-state index is -0.546. The second-order valence-corrected chi connectivity index (χ2v) is 8.75. The van der Waals surface area contributed by atoms with Crippen LogP contribution < -0.4 is 16.2 Å². The molecule has 0 saturated heterocycles. The van der Waals surface area contributed by atoms with Crippen LogP contribution in [0.5, 0.6) is 0 Å². The predicted octanol–water partition coefficient (Wildman–Crippen LogP) is 3.92. The number of amides is 2. The molecular weight excluding hydrogens is 456 g/mol. The van der Waals surface area contributed by atoms with E-state index in [1.807, 2.05) is 56.3 Å². The van der Waals surface area contributed by atoms with Crippen molar-refractivity contribution >= 4 is 39.9 Å². The summed E-state index contributed by atoms with van der Waals surface area (Å²) in [6.45, 7) is 5.76. The molecule has 5 aromatic rings. The molecule has 2 amide bonds. The highest BCUT2D eigenvalue weighted by Crippen LogP contribution is 2.18. The molecule has 0 radical (unpaired) electrons. The number of carbonyl (C=O) groups excluding carboxylic acids is 2. The molecule has 0 bridgehead atoms. The number of rotatable bonds is 5. The molecule has 2 heterocycles. The molecule has 3 aromatic carbocycles. The predicted molar refractivity (Wildman–Crippen MR) is 138 cm³/mol. The zero-order chi connectivity index (χ0) is 25.4. The molecule has 0 atom stereocenters. The van der Waals surface area contributed by atoms with Gasteiger partial charge in [-0.1, -0.05) is 35.9 Å². The Labute approximate surface area is 206 Å². The van der Waals surface area contributed by atoms with Gasteiger partial charge in [-0.25, -0.2) is 4.52 Å². The van der Waals surface area contributed by atoms with E-state index in [0.29, 0.717) is 29.0 Å². The van der Waals surface area contributed by atoms with Gasteiger partial charge in [0, 0.05) is 18.3 Å². The van der Waals surface area contributed by atoms with E-state index in [-0.39, 0.29) is 22.9 Å². The van der Waals surface area contributed by atoms with E-state index < -0.39 is 5.91 Å². The highest BCUT2D eigenvalue weighted by Gasteiger charge is 2.19. The Morgan fingerprint density at radius 2 is 1.47 bits per heavy atom. The van der Waals surface area contributed by atoms with E-state index in [2.05, 4.69) is 20.7 Å². The Kier molecular flexibility index (Phi) is 5.81. The summed E-state index contributed by atoms with van der Waals surface area (Å²) in [5.74, 6) is -0.847. The van der Waals surface area contributed by atoms with Crippen LogP contribution in [0.1, 0.15) is 34.2 Å². The third kappa shape index (κ3) is 4.46. The maximum absolute atomic E-state index is 13.5. The van der Waals surface area contributed by atoms with Crippen molar-refractivity contribution in [1.82, 2.24) is 19.2 Å². The van der Waals surface area contributed by atoms with Crippen molar-refractivity contribution in [2.24, 2.45) is 0 Å². The van der Waals surface area contributed by atoms with Gasteiger partial charge in [-0.15, -0.1) is 5.10 Å². The van der Waals surface area contributed by atoms with Gasteiger partial charge in [-0.05, 0) is 61.4 Å². The Hall–Kier alpha value is -4.79. The monoisotopic (exact) mass is 480 g/mol. The second-order valence-electron chi connectivity index (χ2n) is 8.75. The van der Waals surface area contributed by atoms with Gasteiger partial charge in [-0.2, -0.15) is 4.98 Å². The van der Waals surface area contributed by atoms with Crippen LogP contribution >= 0.6 is 0 Å². The van der Waals surface area contributed by atoms with E-state index in [9.17, 15) is 14.4 Å². The van der Waals surface area contributed by atoms with Crippen molar-refractivity contribution in [2.45, 2.75) is 27.3 Å². The molecular formula is C27H24N6O3. The summed E-state index contributed by atoms with van der Waals surface area (Å²) < 4.78 is 3.09. The van der Waals surface area contributed by atoms with Crippen LogP contribution in [0, 0.1) is 13.8 Å². The number of carbonyl (C=O) groups is 2. The Bertz CT molecular complexity index is 1680. The maximum Gasteiger partial charge on any atom is 0.296 e. The zero-order valence-electron chi connectivity index (χ0n) is 20.1. The summed E-state index contributed by atoms with van der Waals surface area (Å²) in [5, 5.41) is 9.78. The van der Waals surface area contributed by atoms with Crippen molar-refractivity contribution < 1.29 is 9.59 Å². The molecule has 0 unspecified atom stereocenters. The first kappa shape index (κ1) is 23.0. The van der Waals surface area contributed by atoms with Crippen LogP contribution in [0.25, 0.3) is 16.7 Å². The molecule has 0 aliphatic heterocycles. The minimum Gasteiger partial charge on any atom is -0.326 e. The molecule has 2 N–H and O–H groups in total. The van der Waals surface area contributed by atoms with Gasteiger partial charge in [0.2, 0.25) is 17.4 Å². The molecule has 0 fully saturated rings. The lowest BCUT2D eigenvalue weighted by atomic mass is 10.1. The first-order chi connectivity index (χ1) is 17.3. The van der Waals surface area contributed by atoms with Gasteiger partial charge >= 0.3 is 0 Å². The first-order valence-electron chi connectivity index (χ1n) is 11.4. The molecule has 9 heteroatoms. The molecule has 36 heavy (non-hydrogen) atoms. The fraction of sp³-hybridized carbons (Fsp3) is 0.148. The lowest BCUT2D eigenvalue weighted by molar-refractivity contribution is -0.114. The number of nitrogens with one attached hydrogen (secondary N) is 2. The van der Waals surface area contributed by atoms with Crippen molar-refractivity contribution in [3.05, 3.63) is 99.6 Å². The van der Waals surface area contributed by atoms with Gasteiger partial charge in [0.15, 0.2) is 0 Å². The number of anilines is 2. The van der Waals surface area contributed by atoms with Crippen molar-refractivity contribution in [3.8, 4) is 0 Å². The van der Waals surface area contributed by atoms with E-state index >= 15 is 0 Å². The summed E-state index contributed by atoms with van der Waals surface area (Å²) >= 11 is 0. The summed E-state index contributed by atoms with van der Waals surface area (Å²) in [7, 11) is 0. The Morgan fingerprint density at radius 3 is 2.14 bits per heavy atom. The highest BCUT2D eigenvalue weighted by molar-refractivity contribution is 6.02. The van der Waals surface area contributed by atoms with Gasteiger partial charge < -0.3 is 10.6 Å². The number of fused-ring (bicyclic) bond motifs is 3. The van der Waals surface area contributed by atoms with E-state index in [1.165, 1.54) is 11.4 Å². The minimum absolute atomic E-state index is 0.0737. The molecule has 0 saturated carbocycles. The van der Waals surface area contributed by atoms with E-state index in [1.54, 1.807) is 28.8 Å². The number of aromatic nitrogens is 4. The lowest BCUT2D eigenvalue weighted by Crippen LogP contribution is -2.24. The molecule has 0 aliphatic carbocycles. The number of hydrogen-bond donors (Lipinski definition) is 2. The van der Waals surface area contributed by atoms with Crippen LogP contribution in [-0.4, -0.2) is 31.0 Å². The molecule has 180 valence electrons. The lowest BCUT2D eigenvalue weighted by Gasteiger charge is -2.12. The quantitative estimate of drug-likeness (QED) is 0.396. The summed E-state index contributed by atoms with van der Waals surface area (Å²) in [4.78, 5) is 41.9. The van der Waals surface area contributed by atoms with Crippen LogP contribution in [0.4, 0.5) is 11.4 Å². The maximum atomic E-state index is 13.5. The molecule has 0 aliphatic rings. The van der Waals surface area contributed by atoms with E-state index in [4.69, 9.17) is 0 Å². The van der Waals surface area contributed by atoms with Crippen LogP contribution in [0.2, 0.25) is 0 Å². The van der Waals surface area contributed by atoms with Gasteiger partial charge in [0.1, 0.15) is 0 Å². The Morgan fingerprint density at radius 1 is 0.833 bits per heavy atom. The second kappa shape index (κ2) is 9.10. The molecule has 2 aromatic heterocycles. The van der Waals surface area contributed by atoms with Crippen molar-refractivity contribution in [2.75, 3.05) is 10.6 Å². The Balaban J connectivity index is 1.54. The SMILES string of the molecule is CC(=O)Nc1ccc(NC(=O)c2nc3c(=O)n(Cc4ccc(C)cc4)c4cc(C)ccc4n3n2)cc1. The van der Waals surface area contributed by atoms with Crippen LogP contribution in [0.3, 0.4) is 0 Å². The smallest absolute Gasteiger partial charge is 0.296 e. The average molecular weight is 481 g/mol. The first-order valence-corrected chi connectivity index (χ1v) is 11.4. The van der Waals surface area contributed by atoms with Crippen LogP contribution in [0.15, 0.2) is 71.5 Å². The third-order valence-corrected chi connectivity index (χ3v) is 5.82. The number of benzene rings is 3. The fourth-order valence-electron chi connectivity index (χ4n) is 4.03. The normalized spacial score (nSPS) is 11.1. The van der Waals surface area contributed by atoms with Crippen molar-refractivity contribution in [1.29, 1.82) is 0 Å². The molecule has 5 rings (SSSR count). The number of nitrogens with zero attached hydrogens (tertiary/aromatic N) is 4. The number of hydrogen-bond acceptors (Lipinski definition) is 5.